The maximum atomic E-state index is 13.2. The Labute approximate surface area is 370 Å². The fraction of sp³-hybridized carbons (Fsp3) is 0.378. The molecule has 2 saturated heterocycles. The first-order valence-electron chi connectivity index (χ1n) is 21.3. The molecule has 1 saturated carbocycles. The van der Waals surface area contributed by atoms with E-state index < -0.39 is 11.9 Å². The van der Waals surface area contributed by atoms with Gasteiger partial charge in [0.1, 0.15) is 16.9 Å². The number of anilines is 5. The second kappa shape index (κ2) is 19.5. The standard InChI is InChI=1S/C45H49ClN12O5/c1-47-41(60)33-9-2-3-11-36(33)53-40-35(46)26-50-44(55-40)51-31-16-18-38(49-25-31)56-21-23-57(24-22-56)45(63)52-30-14-12-29(13-15-30)48-20-5-4-7-28-8-6-10-32-34(28)27-58(43(32)62)37-17-19-39(59)54-42(37)61/h2-3,6,8-11,16,18,25-26,29-30,37,48H,5,12-15,17,19-24,27H2,1H3,(H,47,60)(H,52,63)(H,54,59,61)(H2,50,51,53,55). The molecular weight excluding hydrogens is 824 g/mol. The van der Waals surface area contributed by atoms with Gasteiger partial charge in [0.25, 0.3) is 11.8 Å². The molecule has 326 valence electrons. The smallest absolute Gasteiger partial charge is 0.317 e. The number of halogens is 1. The Morgan fingerprint density at radius 3 is 2.44 bits per heavy atom. The number of hydrogen-bond donors (Lipinski definition) is 6. The van der Waals surface area contributed by atoms with Crippen LogP contribution in [0.3, 0.4) is 0 Å². The number of aromatic nitrogens is 3. The molecular formula is C45H49ClN12O5. The van der Waals surface area contributed by atoms with Crippen LogP contribution in [-0.4, -0.2) is 112 Å². The van der Waals surface area contributed by atoms with Gasteiger partial charge in [0.2, 0.25) is 17.8 Å². The Bertz CT molecular complexity index is 2440. The summed E-state index contributed by atoms with van der Waals surface area (Å²) >= 11 is 6.39. The molecule has 6 amide bonds. The van der Waals surface area contributed by atoms with Crippen LogP contribution in [0.5, 0.6) is 0 Å². The topological polar surface area (TPSA) is 206 Å². The van der Waals surface area contributed by atoms with Gasteiger partial charge in [0, 0.05) is 82.4 Å². The SMILES string of the molecule is CNC(=O)c1ccccc1Nc1nc(Nc2ccc(N3CCN(C(=O)NC4CCC(NCCC#Cc5cccc6c5CN(C5CCC(=O)NC5=O)C6=O)CC4)CC3)nc2)ncc1Cl. The van der Waals surface area contributed by atoms with Crippen molar-refractivity contribution in [2.75, 3.05) is 55.3 Å². The minimum absolute atomic E-state index is 0.0305. The number of rotatable bonds is 11. The van der Waals surface area contributed by atoms with Crippen molar-refractivity contribution in [1.29, 1.82) is 0 Å². The number of carbonyl (C=O) groups is 5. The summed E-state index contributed by atoms with van der Waals surface area (Å²) in [6, 6.07) is 16.2. The fourth-order valence-electron chi connectivity index (χ4n) is 8.39. The van der Waals surface area contributed by atoms with E-state index in [9.17, 15) is 24.0 Å². The van der Waals surface area contributed by atoms with Crippen molar-refractivity contribution >= 4 is 70.2 Å². The number of fused-ring (bicyclic) bond motifs is 1. The van der Waals surface area contributed by atoms with Gasteiger partial charge in [-0.05, 0) is 74.1 Å². The maximum Gasteiger partial charge on any atom is 0.317 e. The van der Waals surface area contributed by atoms with Crippen molar-refractivity contribution in [2.24, 2.45) is 0 Å². The van der Waals surface area contributed by atoms with Crippen molar-refractivity contribution in [3.63, 3.8) is 0 Å². The summed E-state index contributed by atoms with van der Waals surface area (Å²) in [5.74, 6) is 6.76. The first-order chi connectivity index (χ1) is 30.6. The van der Waals surface area contributed by atoms with E-state index in [4.69, 9.17) is 11.6 Å². The monoisotopic (exact) mass is 872 g/mol. The van der Waals surface area contributed by atoms with Crippen LogP contribution in [-0.2, 0) is 16.1 Å². The zero-order valence-electron chi connectivity index (χ0n) is 34.9. The molecule has 2 aromatic heterocycles. The Kier molecular flexibility index (Phi) is 13.3. The predicted octanol–water partition coefficient (Wildman–Crippen LogP) is 4.31. The van der Waals surface area contributed by atoms with Crippen LogP contribution in [0.4, 0.5) is 33.8 Å². The summed E-state index contributed by atoms with van der Waals surface area (Å²) < 4.78 is 0. The molecule has 3 aliphatic heterocycles. The molecule has 5 heterocycles. The Morgan fingerprint density at radius 1 is 0.889 bits per heavy atom. The van der Waals surface area contributed by atoms with Crippen molar-refractivity contribution in [3.05, 3.63) is 94.3 Å². The Morgan fingerprint density at radius 2 is 1.68 bits per heavy atom. The van der Waals surface area contributed by atoms with Crippen LogP contribution >= 0.6 is 11.6 Å². The van der Waals surface area contributed by atoms with E-state index in [1.54, 1.807) is 42.4 Å². The fourth-order valence-corrected chi connectivity index (χ4v) is 8.53. The van der Waals surface area contributed by atoms with Gasteiger partial charge in [0.05, 0.1) is 29.3 Å². The number of benzene rings is 2. The molecule has 6 N–H and O–H groups in total. The maximum absolute atomic E-state index is 13.2. The first-order valence-corrected chi connectivity index (χ1v) is 21.6. The Balaban J connectivity index is 0.737. The van der Waals surface area contributed by atoms with Gasteiger partial charge in [-0.2, -0.15) is 4.98 Å². The molecule has 4 aromatic rings. The molecule has 1 atom stereocenters. The van der Waals surface area contributed by atoms with Crippen LogP contribution in [0.1, 0.15) is 76.8 Å². The second-order valence-corrected chi connectivity index (χ2v) is 16.3. The second-order valence-electron chi connectivity index (χ2n) is 15.9. The highest BCUT2D eigenvalue weighted by Crippen LogP contribution is 2.30. The van der Waals surface area contributed by atoms with Crippen molar-refractivity contribution in [1.82, 2.24) is 46.0 Å². The van der Waals surface area contributed by atoms with Gasteiger partial charge < -0.3 is 41.3 Å². The van der Waals surface area contributed by atoms with E-state index >= 15 is 0 Å². The molecule has 4 aliphatic rings. The lowest BCUT2D eigenvalue weighted by atomic mass is 9.91. The summed E-state index contributed by atoms with van der Waals surface area (Å²) in [7, 11) is 1.57. The number of piperidine rings is 1. The number of imide groups is 1. The van der Waals surface area contributed by atoms with Gasteiger partial charge in [-0.3, -0.25) is 24.5 Å². The van der Waals surface area contributed by atoms with Crippen molar-refractivity contribution in [2.45, 2.75) is 69.6 Å². The number of urea groups is 1. The lowest BCUT2D eigenvalue weighted by molar-refractivity contribution is -0.136. The van der Waals surface area contributed by atoms with E-state index in [-0.39, 0.29) is 36.2 Å². The molecule has 2 aromatic carbocycles. The number of nitrogens with zero attached hydrogens (tertiary/aromatic N) is 6. The van der Waals surface area contributed by atoms with Crippen LogP contribution in [0.2, 0.25) is 5.02 Å². The number of piperazine rings is 1. The molecule has 0 spiro atoms. The minimum atomic E-state index is -0.653. The molecule has 3 fully saturated rings. The number of pyridine rings is 1. The van der Waals surface area contributed by atoms with E-state index in [1.165, 1.54) is 6.20 Å². The highest BCUT2D eigenvalue weighted by molar-refractivity contribution is 6.33. The summed E-state index contributed by atoms with van der Waals surface area (Å²) in [5.41, 5.74) is 3.86. The Hall–Kier alpha value is -6.77. The number of amides is 6. The quantitative estimate of drug-likeness (QED) is 0.0709. The average molecular weight is 873 g/mol. The molecule has 1 unspecified atom stereocenters. The summed E-state index contributed by atoms with van der Waals surface area (Å²) in [6.45, 7) is 3.52. The van der Waals surface area contributed by atoms with Crippen LogP contribution in [0.15, 0.2) is 67.0 Å². The van der Waals surface area contributed by atoms with E-state index in [2.05, 4.69) is 63.6 Å². The summed E-state index contributed by atoms with van der Waals surface area (Å²) in [5, 5.41) is 18.4. The predicted molar refractivity (Wildman–Crippen MR) is 238 cm³/mol. The van der Waals surface area contributed by atoms with Gasteiger partial charge in [-0.1, -0.05) is 41.6 Å². The molecule has 63 heavy (non-hydrogen) atoms. The normalized spacial score (nSPS) is 19.7. The molecule has 1 aliphatic carbocycles. The van der Waals surface area contributed by atoms with Crippen molar-refractivity contribution < 1.29 is 24.0 Å². The van der Waals surface area contributed by atoms with Gasteiger partial charge >= 0.3 is 6.03 Å². The van der Waals surface area contributed by atoms with Crippen LogP contribution < -0.4 is 36.8 Å². The third kappa shape index (κ3) is 10.1. The lowest BCUT2D eigenvalue weighted by Crippen LogP contribution is -2.54. The van der Waals surface area contributed by atoms with Crippen LogP contribution in [0, 0.1) is 11.8 Å². The first kappa shape index (κ1) is 42.9. The largest absolute Gasteiger partial charge is 0.355 e. The summed E-state index contributed by atoms with van der Waals surface area (Å²) in [4.78, 5) is 81.8. The van der Waals surface area contributed by atoms with Crippen molar-refractivity contribution in [3.8, 4) is 11.8 Å². The van der Waals surface area contributed by atoms with Gasteiger partial charge in [-0.25, -0.2) is 14.8 Å². The molecule has 0 radical (unpaired) electrons. The molecule has 17 nitrogen and oxygen atoms in total. The number of nitrogens with one attached hydrogen (secondary N) is 6. The number of para-hydroxylation sites is 1. The van der Waals surface area contributed by atoms with Gasteiger partial charge in [0.15, 0.2) is 5.82 Å². The van der Waals surface area contributed by atoms with E-state index in [1.807, 2.05) is 35.2 Å². The zero-order valence-corrected chi connectivity index (χ0v) is 35.6. The third-order valence-electron chi connectivity index (χ3n) is 11.8. The van der Waals surface area contributed by atoms with Crippen LogP contribution in [0.25, 0.3) is 0 Å². The van der Waals surface area contributed by atoms with Gasteiger partial charge in [-0.15, -0.1) is 0 Å². The van der Waals surface area contributed by atoms with E-state index in [0.29, 0.717) is 90.9 Å². The average Bonchev–Trinajstić information content (AvgIpc) is 3.64. The third-order valence-corrected chi connectivity index (χ3v) is 12.1. The number of carbonyl (C=O) groups excluding carboxylic acids is 5. The molecule has 0 bridgehead atoms. The lowest BCUT2D eigenvalue weighted by Gasteiger charge is -2.37. The minimum Gasteiger partial charge on any atom is -0.355 e. The van der Waals surface area contributed by atoms with E-state index in [0.717, 1.165) is 49.2 Å². The number of hydrogen-bond acceptors (Lipinski definition) is 12. The highest BCUT2D eigenvalue weighted by atomic mass is 35.5. The molecule has 18 heteroatoms. The molecule has 8 rings (SSSR count). The summed E-state index contributed by atoms with van der Waals surface area (Å²) in [6.07, 6.45) is 8.10. The zero-order chi connectivity index (χ0) is 43.9. The highest BCUT2D eigenvalue weighted by Gasteiger charge is 2.39.